The minimum atomic E-state index is -4.42. The molecule has 0 aliphatic carbocycles. The average Bonchev–Trinajstić information content (AvgIpc) is 2.73. The molecule has 0 saturated heterocycles. The number of anilines is 2. The number of aromatic amines is 1. The monoisotopic (exact) mass is 302 g/mol. The summed E-state index contributed by atoms with van der Waals surface area (Å²) in [5.74, 6) is -2.44. The third-order valence-corrected chi connectivity index (χ3v) is 4.02. The molecule has 0 radical (unpaired) electrons. The number of halogens is 2. The molecule has 1 aromatic carbocycles. The predicted molar refractivity (Wildman–Crippen MR) is 69.5 cm³/mol. The molecule has 0 saturated carbocycles. The fourth-order valence-electron chi connectivity index (χ4n) is 1.69. The molecule has 0 aliphatic rings. The van der Waals surface area contributed by atoms with Crippen LogP contribution in [0.2, 0.25) is 0 Å². The summed E-state index contributed by atoms with van der Waals surface area (Å²) in [6.45, 7) is 1.78. The number of hydrogen-bond donors (Lipinski definition) is 3. The zero-order valence-electron chi connectivity index (χ0n) is 10.4. The number of nitrogens with one attached hydrogen (secondary N) is 2. The van der Waals surface area contributed by atoms with Gasteiger partial charge in [-0.1, -0.05) is 6.92 Å². The fourth-order valence-corrected chi connectivity index (χ4v) is 2.87. The van der Waals surface area contributed by atoms with Crippen molar-refractivity contribution in [3.05, 3.63) is 35.5 Å². The molecular formula is C11H12F2N4O2S. The molecule has 1 aromatic heterocycles. The summed E-state index contributed by atoms with van der Waals surface area (Å²) in [4.78, 5) is -1.08. The lowest BCUT2D eigenvalue weighted by Crippen LogP contribution is -2.17. The van der Waals surface area contributed by atoms with Gasteiger partial charge in [-0.2, -0.15) is 5.10 Å². The van der Waals surface area contributed by atoms with Gasteiger partial charge in [0.25, 0.3) is 10.0 Å². The van der Waals surface area contributed by atoms with E-state index in [9.17, 15) is 17.2 Å². The molecule has 2 rings (SSSR count). The van der Waals surface area contributed by atoms with Crippen LogP contribution in [0.4, 0.5) is 20.3 Å². The SMILES string of the molecule is CCc1cn[nH]c1NS(=O)(=O)c1c(F)cc(N)cc1F. The van der Waals surface area contributed by atoms with Gasteiger partial charge in [0.05, 0.1) is 6.20 Å². The van der Waals surface area contributed by atoms with Crippen LogP contribution in [0.1, 0.15) is 12.5 Å². The molecule has 1 heterocycles. The summed E-state index contributed by atoms with van der Waals surface area (Å²) in [7, 11) is -4.42. The maximum Gasteiger partial charge on any atom is 0.268 e. The Hall–Kier alpha value is -2.16. The Morgan fingerprint density at radius 2 is 1.95 bits per heavy atom. The molecule has 0 unspecified atom stereocenters. The second kappa shape index (κ2) is 5.08. The lowest BCUT2D eigenvalue weighted by Gasteiger charge is -2.10. The summed E-state index contributed by atoms with van der Waals surface area (Å²) < 4.78 is 53.5. The highest BCUT2D eigenvalue weighted by atomic mass is 32.2. The summed E-state index contributed by atoms with van der Waals surface area (Å²) >= 11 is 0. The van der Waals surface area contributed by atoms with Crippen molar-refractivity contribution in [1.29, 1.82) is 0 Å². The molecule has 108 valence electrons. The number of H-pyrrole nitrogens is 1. The van der Waals surface area contributed by atoms with Crippen molar-refractivity contribution < 1.29 is 17.2 Å². The normalized spacial score (nSPS) is 11.6. The van der Waals surface area contributed by atoms with Gasteiger partial charge >= 0.3 is 0 Å². The zero-order valence-corrected chi connectivity index (χ0v) is 11.3. The molecule has 4 N–H and O–H groups in total. The average molecular weight is 302 g/mol. The minimum Gasteiger partial charge on any atom is -0.399 e. The molecule has 0 bridgehead atoms. The predicted octanol–water partition coefficient (Wildman–Crippen LogP) is 1.63. The Labute approximate surface area is 114 Å². The standard InChI is InChI=1S/C11H12F2N4O2S/c1-2-6-5-15-16-11(6)17-20(18,19)10-8(12)3-7(14)4-9(10)13/h3-5H,2,14H2,1H3,(H2,15,16,17). The first-order valence-corrected chi connectivity index (χ1v) is 7.13. The van der Waals surface area contributed by atoms with E-state index in [1.165, 1.54) is 6.20 Å². The minimum absolute atomic E-state index is 0.0723. The lowest BCUT2D eigenvalue weighted by molar-refractivity contribution is 0.522. The number of sulfonamides is 1. The number of nitrogens with zero attached hydrogens (tertiary/aromatic N) is 1. The van der Waals surface area contributed by atoms with Gasteiger partial charge < -0.3 is 5.73 Å². The Kier molecular flexibility index (Phi) is 3.62. The van der Waals surface area contributed by atoms with Crippen LogP contribution in [0.25, 0.3) is 0 Å². The van der Waals surface area contributed by atoms with Gasteiger partial charge in [-0.05, 0) is 18.6 Å². The maximum atomic E-state index is 13.7. The molecule has 20 heavy (non-hydrogen) atoms. The van der Waals surface area contributed by atoms with Gasteiger partial charge in [-0.15, -0.1) is 0 Å². The highest BCUT2D eigenvalue weighted by Gasteiger charge is 2.26. The van der Waals surface area contributed by atoms with E-state index in [1.54, 1.807) is 6.92 Å². The van der Waals surface area contributed by atoms with E-state index in [0.29, 0.717) is 12.0 Å². The van der Waals surface area contributed by atoms with E-state index in [1.807, 2.05) is 0 Å². The Morgan fingerprint density at radius 3 is 2.50 bits per heavy atom. The van der Waals surface area contributed by atoms with Gasteiger partial charge in [0.1, 0.15) is 17.5 Å². The van der Waals surface area contributed by atoms with E-state index in [2.05, 4.69) is 14.9 Å². The Bertz CT molecular complexity index is 720. The van der Waals surface area contributed by atoms with Crippen molar-refractivity contribution in [1.82, 2.24) is 10.2 Å². The molecule has 9 heteroatoms. The Morgan fingerprint density at radius 1 is 1.35 bits per heavy atom. The first-order valence-electron chi connectivity index (χ1n) is 5.64. The van der Waals surface area contributed by atoms with Crippen molar-refractivity contribution in [2.24, 2.45) is 0 Å². The molecule has 0 aliphatic heterocycles. The number of benzene rings is 1. The van der Waals surface area contributed by atoms with E-state index >= 15 is 0 Å². The second-order valence-corrected chi connectivity index (χ2v) is 5.66. The largest absolute Gasteiger partial charge is 0.399 e. The molecular weight excluding hydrogens is 290 g/mol. The quantitative estimate of drug-likeness (QED) is 0.747. The molecule has 0 spiro atoms. The molecule has 2 aromatic rings. The van der Waals surface area contributed by atoms with Gasteiger partial charge in [-0.25, -0.2) is 17.2 Å². The van der Waals surface area contributed by atoms with E-state index < -0.39 is 26.6 Å². The molecule has 0 atom stereocenters. The van der Waals surface area contributed by atoms with Gasteiger partial charge in [0.15, 0.2) is 4.90 Å². The molecule has 0 fully saturated rings. The van der Waals surface area contributed by atoms with Crippen LogP contribution in [0, 0.1) is 11.6 Å². The van der Waals surface area contributed by atoms with E-state index in [-0.39, 0.29) is 11.5 Å². The highest BCUT2D eigenvalue weighted by molar-refractivity contribution is 7.92. The van der Waals surface area contributed by atoms with E-state index in [0.717, 1.165) is 12.1 Å². The van der Waals surface area contributed by atoms with Crippen molar-refractivity contribution in [2.45, 2.75) is 18.2 Å². The topological polar surface area (TPSA) is 101 Å². The van der Waals surface area contributed by atoms with Crippen LogP contribution in [-0.4, -0.2) is 18.6 Å². The number of nitrogens with two attached hydrogens (primary N) is 1. The van der Waals surface area contributed by atoms with Crippen molar-refractivity contribution in [2.75, 3.05) is 10.5 Å². The summed E-state index contributed by atoms with van der Waals surface area (Å²) in [5, 5.41) is 6.09. The van der Waals surface area contributed by atoms with Crippen LogP contribution in [0.5, 0.6) is 0 Å². The summed E-state index contributed by atoms with van der Waals surface area (Å²) in [6.07, 6.45) is 1.93. The van der Waals surface area contributed by atoms with Crippen molar-refractivity contribution in [3.63, 3.8) is 0 Å². The molecule has 6 nitrogen and oxygen atoms in total. The lowest BCUT2D eigenvalue weighted by atomic mass is 10.3. The number of nitrogen functional groups attached to an aromatic ring is 1. The molecule has 0 amide bonds. The van der Waals surface area contributed by atoms with Gasteiger partial charge in [0, 0.05) is 11.3 Å². The van der Waals surface area contributed by atoms with Gasteiger partial charge in [0.2, 0.25) is 0 Å². The van der Waals surface area contributed by atoms with Gasteiger partial charge in [-0.3, -0.25) is 9.82 Å². The highest BCUT2D eigenvalue weighted by Crippen LogP contribution is 2.24. The third kappa shape index (κ3) is 2.57. The maximum absolute atomic E-state index is 13.7. The van der Waals surface area contributed by atoms with E-state index in [4.69, 9.17) is 5.73 Å². The van der Waals surface area contributed by atoms with Crippen molar-refractivity contribution >= 4 is 21.5 Å². The van der Waals surface area contributed by atoms with Crippen LogP contribution in [0.3, 0.4) is 0 Å². The number of rotatable bonds is 4. The first kappa shape index (κ1) is 14.3. The number of aromatic nitrogens is 2. The van der Waals surface area contributed by atoms with Crippen molar-refractivity contribution in [3.8, 4) is 0 Å². The Balaban J connectivity index is 2.46. The number of aryl methyl sites for hydroxylation is 1. The summed E-state index contributed by atoms with van der Waals surface area (Å²) in [6, 6.07) is 1.48. The zero-order chi connectivity index (χ0) is 14.9. The van der Waals surface area contributed by atoms with Crippen LogP contribution >= 0.6 is 0 Å². The smallest absolute Gasteiger partial charge is 0.268 e. The number of hydrogen-bond acceptors (Lipinski definition) is 4. The first-order chi connectivity index (χ1) is 9.35. The fraction of sp³-hybridized carbons (Fsp3) is 0.182. The van der Waals surface area contributed by atoms with Crippen LogP contribution in [0.15, 0.2) is 23.2 Å². The second-order valence-electron chi connectivity index (χ2n) is 4.04. The third-order valence-electron chi connectivity index (χ3n) is 2.62. The van der Waals surface area contributed by atoms with Crippen LogP contribution < -0.4 is 10.5 Å². The summed E-state index contributed by atoms with van der Waals surface area (Å²) in [5.41, 5.74) is 5.62. The van der Waals surface area contributed by atoms with Crippen LogP contribution in [-0.2, 0) is 16.4 Å².